The van der Waals surface area contributed by atoms with Crippen molar-refractivity contribution in [3.8, 4) is 0 Å². The number of nitrogens with one attached hydrogen (secondary N) is 1. The number of hydrogen-bond donors (Lipinski definition) is 1. The van der Waals surface area contributed by atoms with Crippen molar-refractivity contribution in [2.75, 3.05) is 6.54 Å². The van der Waals surface area contributed by atoms with Crippen LogP contribution in [0.15, 0.2) is 54.7 Å². The average molecular weight is 310 g/mol. The van der Waals surface area contributed by atoms with Gasteiger partial charge in [0.15, 0.2) is 0 Å². The highest BCUT2D eigenvalue weighted by Gasteiger charge is 2.10. The maximum absolute atomic E-state index is 13.9. The SMILES string of the molecule is CC(C)CNCc1cn(Cc2ccccc2F)c2ccccc12. The first-order valence-electron chi connectivity index (χ1n) is 8.16. The van der Waals surface area contributed by atoms with Gasteiger partial charge in [-0.25, -0.2) is 4.39 Å². The van der Waals surface area contributed by atoms with Gasteiger partial charge in [-0.1, -0.05) is 50.2 Å². The van der Waals surface area contributed by atoms with E-state index in [0.717, 1.165) is 24.2 Å². The fourth-order valence-electron chi connectivity index (χ4n) is 2.90. The van der Waals surface area contributed by atoms with Gasteiger partial charge < -0.3 is 9.88 Å². The zero-order valence-electron chi connectivity index (χ0n) is 13.7. The first-order chi connectivity index (χ1) is 11.1. The average Bonchev–Trinajstić information content (AvgIpc) is 2.88. The molecule has 0 amide bonds. The summed E-state index contributed by atoms with van der Waals surface area (Å²) in [6, 6.07) is 15.3. The summed E-state index contributed by atoms with van der Waals surface area (Å²) in [7, 11) is 0. The van der Waals surface area contributed by atoms with Gasteiger partial charge in [0, 0.05) is 29.2 Å². The summed E-state index contributed by atoms with van der Waals surface area (Å²) >= 11 is 0. The lowest BCUT2D eigenvalue weighted by Crippen LogP contribution is -2.18. The lowest BCUT2D eigenvalue weighted by Gasteiger charge is -2.07. The highest BCUT2D eigenvalue weighted by molar-refractivity contribution is 5.84. The van der Waals surface area contributed by atoms with Crippen molar-refractivity contribution in [1.29, 1.82) is 0 Å². The second-order valence-corrected chi connectivity index (χ2v) is 6.42. The number of rotatable bonds is 6. The Hall–Kier alpha value is -2.13. The molecule has 0 fully saturated rings. The molecule has 0 aliphatic heterocycles. The molecule has 3 aromatic rings. The highest BCUT2D eigenvalue weighted by Crippen LogP contribution is 2.23. The number of nitrogens with zero attached hydrogens (tertiary/aromatic N) is 1. The first-order valence-corrected chi connectivity index (χ1v) is 8.16. The number of halogens is 1. The monoisotopic (exact) mass is 310 g/mol. The van der Waals surface area contributed by atoms with Crippen LogP contribution >= 0.6 is 0 Å². The molecular weight excluding hydrogens is 287 g/mol. The number of para-hydroxylation sites is 1. The Morgan fingerprint density at radius 3 is 2.52 bits per heavy atom. The zero-order chi connectivity index (χ0) is 16.2. The predicted octanol–water partition coefficient (Wildman–Crippen LogP) is 4.57. The van der Waals surface area contributed by atoms with Gasteiger partial charge in [0.1, 0.15) is 5.82 Å². The third-order valence-corrected chi connectivity index (χ3v) is 4.04. The molecular formula is C20H23FN2. The molecule has 0 aliphatic rings. The molecule has 23 heavy (non-hydrogen) atoms. The van der Waals surface area contributed by atoms with Crippen molar-refractivity contribution in [3.05, 3.63) is 71.7 Å². The smallest absolute Gasteiger partial charge is 0.128 e. The van der Waals surface area contributed by atoms with Crippen molar-refractivity contribution in [2.24, 2.45) is 5.92 Å². The standard InChI is InChI=1S/C20H23FN2/c1-15(2)11-22-12-17-14-23(20-10-6-4-8-18(17)20)13-16-7-3-5-9-19(16)21/h3-10,14-15,22H,11-13H2,1-2H3. The van der Waals surface area contributed by atoms with Crippen molar-refractivity contribution < 1.29 is 4.39 Å². The Labute approximate surface area is 136 Å². The Kier molecular flexibility index (Phi) is 4.77. The van der Waals surface area contributed by atoms with Crippen LogP contribution in [-0.4, -0.2) is 11.1 Å². The molecule has 2 nitrogen and oxygen atoms in total. The van der Waals surface area contributed by atoms with Gasteiger partial charge in [-0.2, -0.15) is 0 Å². The molecule has 0 spiro atoms. The Morgan fingerprint density at radius 2 is 1.74 bits per heavy atom. The fraction of sp³-hybridized carbons (Fsp3) is 0.300. The molecule has 1 aromatic heterocycles. The van der Waals surface area contributed by atoms with Crippen LogP contribution in [-0.2, 0) is 13.1 Å². The summed E-state index contributed by atoms with van der Waals surface area (Å²) in [4.78, 5) is 0. The van der Waals surface area contributed by atoms with E-state index in [1.165, 1.54) is 17.0 Å². The molecule has 120 valence electrons. The molecule has 0 saturated heterocycles. The van der Waals surface area contributed by atoms with Crippen molar-refractivity contribution in [2.45, 2.75) is 26.9 Å². The van der Waals surface area contributed by atoms with E-state index >= 15 is 0 Å². The van der Waals surface area contributed by atoms with Crippen molar-refractivity contribution >= 4 is 10.9 Å². The first kappa shape index (κ1) is 15.8. The van der Waals surface area contributed by atoms with Gasteiger partial charge in [-0.3, -0.25) is 0 Å². The summed E-state index contributed by atoms with van der Waals surface area (Å²) in [6.07, 6.45) is 2.14. The topological polar surface area (TPSA) is 17.0 Å². The van der Waals surface area contributed by atoms with Gasteiger partial charge in [0.25, 0.3) is 0 Å². The van der Waals surface area contributed by atoms with Gasteiger partial charge in [0.2, 0.25) is 0 Å². The Morgan fingerprint density at radius 1 is 1.00 bits per heavy atom. The van der Waals surface area contributed by atoms with Crippen LogP contribution in [0.4, 0.5) is 4.39 Å². The minimum atomic E-state index is -0.148. The van der Waals surface area contributed by atoms with E-state index in [-0.39, 0.29) is 5.82 Å². The van der Waals surface area contributed by atoms with Crippen LogP contribution in [0.25, 0.3) is 10.9 Å². The van der Waals surface area contributed by atoms with E-state index in [4.69, 9.17) is 0 Å². The van der Waals surface area contributed by atoms with E-state index in [9.17, 15) is 4.39 Å². The summed E-state index contributed by atoms with van der Waals surface area (Å²) in [6.45, 7) is 6.79. The zero-order valence-corrected chi connectivity index (χ0v) is 13.7. The molecule has 0 atom stereocenters. The summed E-state index contributed by atoms with van der Waals surface area (Å²) in [5.74, 6) is 0.478. The lowest BCUT2D eigenvalue weighted by molar-refractivity contribution is 0.552. The molecule has 0 aliphatic carbocycles. The third-order valence-electron chi connectivity index (χ3n) is 4.04. The molecule has 1 heterocycles. The van der Waals surface area contributed by atoms with Gasteiger partial charge in [0.05, 0.1) is 6.54 Å². The molecule has 0 radical (unpaired) electrons. The van der Waals surface area contributed by atoms with Crippen LogP contribution in [0.5, 0.6) is 0 Å². The fourth-order valence-corrected chi connectivity index (χ4v) is 2.90. The predicted molar refractivity (Wildman–Crippen MR) is 94.0 cm³/mol. The number of hydrogen-bond acceptors (Lipinski definition) is 1. The molecule has 3 rings (SSSR count). The van der Waals surface area contributed by atoms with Crippen molar-refractivity contribution in [1.82, 2.24) is 9.88 Å². The molecule has 2 aromatic carbocycles. The maximum Gasteiger partial charge on any atom is 0.128 e. The van der Waals surface area contributed by atoms with E-state index in [0.29, 0.717) is 12.5 Å². The Balaban J connectivity index is 1.90. The summed E-state index contributed by atoms with van der Waals surface area (Å²) in [5, 5.41) is 4.73. The largest absolute Gasteiger partial charge is 0.343 e. The van der Waals surface area contributed by atoms with Crippen LogP contribution in [0.1, 0.15) is 25.0 Å². The Bertz CT molecular complexity index is 789. The molecule has 0 unspecified atom stereocenters. The number of aromatic nitrogens is 1. The van der Waals surface area contributed by atoms with Gasteiger partial charge in [-0.05, 0) is 30.2 Å². The van der Waals surface area contributed by atoms with Crippen LogP contribution in [0.3, 0.4) is 0 Å². The number of fused-ring (bicyclic) bond motifs is 1. The van der Waals surface area contributed by atoms with Gasteiger partial charge in [-0.15, -0.1) is 0 Å². The van der Waals surface area contributed by atoms with Crippen LogP contribution in [0.2, 0.25) is 0 Å². The molecule has 0 saturated carbocycles. The lowest BCUT2D eigenvalue weighted by atomic mass is 10.1. The van der Waals surface area contributed by atoms with Crippen LogP contribution in [0, 0.1) is 11.7 Å². The van der Waals surface area contributed by atoms with E-state index in [1.807, 2.05) is 18.2 Å². The van der Waals surface area contributed by atoms with E-state index in [2.05, 4.69) is 48.1 Å². The van der Waals surface area contributed by atoms with E-state index in [1.54, 1.807) is 6.07 Å². The number of benzene rings is 2. The molecule has 3 heteroatoms. The summed E-state index contributed by atoms with van der Waals surface area (Å²) < 4.78 is 16.1. The highest BCUT2D eigenvalue weighted by atomic mass is 19.1. The van der Waals surface area contributed by atoms with Crippen molar-refractivity contribution in [3.63, 3.8) is 0 Å². The molecule has 1 N–H and O–H groups in total. The van der Waals surface area contributed by atoms with Crippen LogP contribution < -0.4 is 5.32 Å². The minimum absolute atomic E-state index is 0.148. The quantitative estimate of drug-likeness (QED) is 0.705. The van der Waals surface area contributed by atoms with E-state index < -0.39 is 0 Å². The second kappa shape index (κ2) is 6.97. The minimum Gasteiger partial charge on any atom is -0.343 e. The third kappa shape index (κ3) is 3.62. The maximum atomic E-state index is 13.9. The molecule has 0 bridgehead atoms. The summed E-state index contributed by atoms with van der Waals surface area (Å²) in [5.41, 5.74) is 3.13. The second-order valence-electron chi connectivity index (χ2n) is 6.42. The normalized spacial score (nSPS) is 11.5. The van der Waals surface area contributed by atoms with Gasteiger partial charge >= 0.3 is 0 Å².